The van der Waals surface area contributed by atoms with Gasteiger partial charge in [-0.15, -0.1) is 0 Å². The first-order valence-electron chi connectivity index (χ1n) is 10.7. The van der Waals surface area contributed by atoms with Crippen LogP contribution in [0.25, 0.3) is 6.08 Å². The van der Waals surface area contributed by atoms with Gasteiger partial charge in [0.25, 0.3) is 5.91 Å². The molecule has 0 aliphatic heterocycles. The van der Waals surface area contributed by atoms with Crippen LogP contribution in [0.3, 0.4) is 0 Å². The number of hydrogen-bond donors (Lipinski definition) is 1. The van der Waals surface area contributed by atoms with Gasteiger partial charge < -0.3 is 5.32 Å². The molecule has 0 radical (unpaired) electrons. The summed E-state index contributed by atoms with van der Waals surface area (Å²) in [7, 11) is 0. The average Bonchev–Trinajstić information content (AvgIpc) is 2.74. The van der Waals surface area contributed by atoms with Gasteiger partial charge in [-0.25, -0.2) is 0 Å². The maximum atomic E-state index is 13.8. The standard InChI is InChI=1S/C24H17Br2ClF9NO2/c1-11(6-14(38)10-22(28,29)30)37-21(39)15-4-2-12(7-17(15)24(34,35)36)3-5-16(23(31,32)33)13-8-18(25)20(27)19(26)9-13/h2-5,7-9,11,16H,6,10H2,1H3,(H,37,39)/b5-3+/t11-,16?/m1/s1. The number of hydrogen-bond acceptors (Lipinski definition) is 2. The predicted molar refractivity (Wildman–Crippen MR) is 133 cm³/mol. The van der Waals surface area contributed by atoms with E-state index < -0.39 is 66.1 Å². The van der Waals surface area contributed by atoms with Crippen LogP contribution in [0, 0.1) is 0 Å². The molecule has 0 heterocycles. The molecule has 0 aliphatic rings. The molecule has 1 N–H and O–H groups in total. The highest BCUT2D eigenvalue weighted by Gasteiger charge is 2.40. The molecular weight excluding hydrogens is 701 g/mol. The Bertz CT molecular complexity index is 1230. The summed E-state index contributed by atoms with van der Waals surface area (Å²) in [6.45, 7) is 1.14. The van der Waals surface area contributed by atoms with Gasteiger partial charge in [-0.05, 0) is 74.2 Å². The fraction of sp³-hybridized carbons (Fsp3) is 0.333. The van der Waals surface area contributed by atoms with Crippen molar-refractivity contribution >= 4 is 61.2 Å². The van der Waals surface area contributed by atoms with Gasteiger partial charge in [-0.3, -0.25) is 9.59 Å². The second kappa shape index (κ2) is 12.6. The van der Waals surface area contributed by atoms with Gasteiger partial charge in [-0.1, -0.05) is 29.8 Å². The van der Waals surface area contributed by atoms with Crippen LogP contribution in [-0.4, -0.2) is 30.1 Å². The van der Waals surface area contributed by atoms with Crippen LogP contribution in [0.15, 0.2) is 45.4 Å². The van der Waals surface area contributed by atoms with Crippen LogP contribution >= 0.6 is 43.5 Å². The summed E-state index contributed by atoms with van der Waals surface area (Å²) in [5.74, 6) is -4.82. The van der Waals surface area contributed by atoms with Crippen LogP contribution in [0.4, 0.5) is 39.5 Å². The van der Waals surface area contributed by atoms with E-state index in [9.17, 15) is 49.1 Å². The highest BCUT2D eigenvalue weighted by Crippen LogP contribution is 2.41. The van der Waals surface area contributed by atoms with Gasteiger partial charge in [0, 0.05) is 21.4 Å². The van der Waals surface area contributed by atoms with Crippen LogP contribution in [0.5, 0.6) is 0 Å². The molecular formula is C24H17Br2ClF9NO2. The molecule has 15 heteroatoms. The second-order valence-electron chi connectivity index (χ2n) is 8.39. The zero-order chi connectivity index (χ0) is 29.9. The molecule has 3 nitrogen and oxygen atoms in total. The van der Waals surface area contributed by atoms with Crippen molar-refractivity contribution < 1.29 is 49.1 Å². The lowest BCUT2D eigenvalue weighted by atomic mass is 9.96. The van der Waals surface area contributed by atoms with Gasteiger partial charge in [0.1, 0.15) is 12.2 Å². The smallest absolute Gasteiger partial charge is 0.349 e. The molecule has 39 heavy (non-hydrogen) atoms. The summed E-state index contributed by atoms with van der Waals surface area (Å²) >= 11 is 12.0. The number of ketones is 1. The Labute approximate surface area is 238 Å². The normalized spacial score (nSPS) is 14.4. The number of carbonyl (C=O) groups excluding carboxylic acids is 2. The van der Waals surface area contributed by atoms with E-state index >= 15 is 0 Å². The number of carbonyl (C=O) groups is 2. The van der Waals surface area contributed by atoms with Crippen LogP contribution in [-0.2, 0) is 11.0 Å². The quantitative estimate of drug-likeness (QED) is 0.219. The van der Waals surface area contributed by atoms with Gasteiger partial charge in [0.05, 0.1) is 22.1 Å². The highest BCUT2D eigenvalue weighted by molar-refractivity contribution is 9.11. The first-order chi connectivity index (χ1) is 17.7. The highest BCUT2D eigenvalue weighted by atomic mass is 79.9. The number of allylic oxidation sites excluding steroid dienone is 1. The predicted octanol–water partition coefficient (Wildman–Crippen LogP) is 9.27. The van der Waals surface area contributed by atoms with Crippen LogP contribution in [0.2, 0.25) is 5.02 Å². The summed E-state index contributed by atoms with van der Waals surface area (Å²) in [6.07, 6.45) is -15.8. The Hall–Kier alpha value is -2.06. The van der Waals surface area contributed by atoms with Crippen molar-refractivity contribution in [1.82, 2.24) is 5.32 Å². The van der Waals surface area contributed by atoms with E-state index in [0.29, 0.717) is 12.1 Å². The van der Waals surface area contributed by atoms with E-state index in [1.807, 2.05) is 5.32 Å². The molecule has 2 aromatic carbocycles. The molecule has 2 atom stereocenters. The largest absolute Gasteiger partial charge is 0.417 e. The second-order valence-corrected chi connectivity index (χ2v) is 10.5. The van der Waals surface area contributed by atoms with Gasteiger partial charge in [0.2, 0.25) is 0 Å². The SMILES string of the molecule is C[C@H](CC(=O)CC(F)(F)F)NC(=O)c1ccc(/C=C/C(c2cc(Br)c(Cl)c(Br)c2)C(F)(F)F)cc1C(F)(F)F. The fourth-order valence-electron chi connectivity index (χ4n) is 3.46. The zero-order valence-electron chi connectivity index (χ0n) is 19.5. The lowest BCUT2D eigenvalue weighted by molar-refractivity contribution is -0.152. The number of halogens is 12. The molecule has 0 aliphatic carbocycles. The summed E-state index contributed by atoms with van der Waals surface area (Å²) in [4.78, 5) is 23.9. The first-order valence-corrected chi connectivity index (χ1v) is 12.7. The molecule has 0 saturated carbocycles. The van der Waals surface area contributed by atoms with Crippen LogP contribution in [0.1, 0.15) is 52.7 Å². The Balaban J connectivity index is 2.36. The van der Waals surface area contributed by atoms with E-state index in [1.165, 1.54) is 0 Å². The van der Waals surface area contributed by atoms with E-state index in [2.05, 4.69) is 31.9 Å². The van der Waals surface area contributed by atoms with Crippen molar-refractivity contribution in [2.45, 2.75) is 50.3 Å². The molecule has 214 valence electrons. The van der Waals surface area contributed by atoms with Crippen molar-refractivity contribution in [2.24, 2.45) is 0 Å². The van der Waals surface area contributed by atoms with E-state index in [1.54, 1.807) is 0 Å². The molecule has 1 unspecified atom stereocenters. The Morgan fingerprint density at radius 2 is 1.54 bits per heavy atom. The molecule has 1 amide bonds. The van der Waals surface area contributed by atoms with E-state index in [-0.39, 0.29) is 25.1 Å². The lowest BCUT2D eigenvalue weighted by Gasteiger charge is -2.19. The Kier molecular flexibility index (Phi) is 10.7. The molecule has 0 fully saturated rings. The maximum Gasteiger partial charge on any atom is 0.417 e. The summed E-state index contributed by atoms with van der Waals surface area (Å²) in [5, 5.41) is 2.15. The van der Waals surface area contributed by atoms with Crippen molar-refractivity contribution in [3.63, 3.8) is 0 Å². The summed E-state index contributed by atoms with van der Waals surface area (Å²) in [6, 6.07) is 3.17. The monoisotopic (exact) mass is 715 g/mol. The third-order valence-corrected chi connectivity index (χ3v) is 7.22. The first kappa shape index (κ1) is 33.1. The molecule has 0 spiro atoms. The zero-order valence-corrected chi connectivity index (χ0v) is 23.4. The lowest BCUT2D eigenvalue weighted by Crippen LogP contribution is -2.36. The van der Waals surface area contributed by atoms with Gasteiger partial charge >= 0.3 is 18.5 Å². The number of Topliss-reactive ketones (excluding diaryl/α,β-unsaturated/α-hetero) is 1. The minimum absolute atomic E-state index is 0.117. The minimum atomic E-state index is -5.11. The van der Waals surface area contributed by atoms with Gasteiger partial charge in [-0.2, -0.15) is 39.5 Å². The van der Waals surface area contributed by atoms with Crippen molar-refractivity contribution in [2.75, 3.05) is 0 Å². The van der Waals surface area contributed by atoms with E-state index in [4.69, 9.17) is 11.6 Å². The molecule has 0 aromatic heterocycles. The molecule has 2 rings (SSSR count). The maximum absolute atomic E-state index is 13.8. The third kappa shape index (κ3) is 9.82. The Morgan fingerprint density at radius 1 is 0.974 bits per heavy atom. The fourth-order valence-corrected chi connectivity index (χ4v) is 4.79. The molecule has 0 bridgehead atoms. The number of nitrogens with one attached hydrogen (secondary N) is 1. The van der Waals surface area contributed by atoms with Crippen molar-refractivity contribution in [1.29, 1.82) is 0 Å². The van der Waals surface area contributed by atoms with Crippen molar-refractivity contribution in [3.8, 4) is 0 Å². The number of rotatable bonds is 8. The average molecular weight is 718 g/mol. The summed E-state index contributed by atoms with van der Waals surface area (Å²) in [5.41, 5.74) is -2.99. The van der Waals surface area contributed by atoms with Crippen molar-refractivity contribution in [3.05, 3.63) is 72.6 Å². The third-order valence-electron chi connectivity index (χ3n) is 5.10. The number of alkyl halides is 9. The molecule has 0 saturated heterocycles. The number of amides is 1. The summed E-state index contributed by atoms with van der Waals surface area (Å²) < 4.78 is 120. The van der Waals surface area contributed by atoms with Gasteiger partial charge in [0.15, 0.2) is 0 Å². The number of benzene rings is 2. The topological polar surface area (TPSA) is 46.2 Å². The minimum Gasteiger partial charge on any atom is -0.349 e. The Morgan fingerprint density at radius 3 is 2.03 bits per heavy atom. The van der Waals surface area contributed by atoms with Crippen LogP contribution < -0.4 is 5.32 Å². The molecule has 2 aromatic rings. The van der Waals surface area contributed by atoms with E-state index in [0.717, 1.165) is 37.3 Å².